The Labute approximate surface area is 127 Å². The molecule has 0 bridgehead atoms. The molecule has 2 rings (SSSR count). The first kappa shape index (κ1) is 16.2. The highest BCUT2D eigenvalue weighted by molar-refractivity contribution is 5.21. The minimum absolute atomic E-state index is 0.231. The molecule has 0 spiro atoms. The predicted octanol–water partition coefficient (Wildman–Crippen LogP) is 3.04. The number of rotatable bonds is 7. The van der Waals surface area contributed by atoms with Crippen molar-refractivity contribution in [1.82, 2.24) is 4.90 Å². The Morgan fingerprint density at radius 3 is 2.62 bits per heavy atom. The van der Waals surface area contributed by atoms with E-state index >= 15 is 0 Å². The van der Waals surface area contributed by atoms with Crippen LogP contribution in [0.2, 0.25) is 0 Å². The Morgan fingerprint density at radius 2 is 1.95 bits per heavy atom. The summed E-state index contributed by atoms with van der Waals surface area (Å²) in [6.07, 6.45) is 5.10. The summed E-state index contributed by atoms with van der Waals surface area (Å²) in [5.41, 5.74) is 5.93. The molecule has 118 valence electrons. The number of hydrogen-bond donors (Lipinski definition) is 1. The standard InChI is InChI=1S/C17H27FN2O/c1-2-20(17-6-4-3-5-14(17)13-19)11-12-21-16-9-7-15(18)8-10-16/h7-10,14,17H,2-6,11-13,19H2,1H3. The van der Waals surface area contributed by atoms with Crippen LogP contribution in [0.15, 0.2) is 24.3 Å². The number of halogens is 1. The molecule has 0 amide bonds. The van der Waals surface area contributed by atoms with Crippen LogP contribution in [0, 0.1) is 11.7 Å². The number of nitrogens with two attached hydrogens (primary N) is 1. The van der Waals surface area contributed by atoms with E-state index in [1.807, 2.05) is 0 Å². The van der Waals surface area contributed by atoms with Gasteiger partial charge < -0.3 is 10.5 Å². The number of nitrogens with zero attached hydrogens (tertiary/aromatic N) is 1. The second-order valence-corrected chi connectivity index (χ2v) is 5.78. The molecule has 4 heteroatoms. The van der Waals surface area contributed by atoms with Crippen molar-refractivity contribution in [3.05, 3.63) is 30.1 Å². The average molecular weight is 294 g/mol. The summed E-state index contributed by atoms with van der Waals surface area (Å²) < 4.78 is 18.6. The van der Waals surface area contributed by atoms with Crippen LogP contribution in [0.4, 0.5) is 4.39 Å². The van der Waals surface area contributed by atoms with E-state index in [-0.39, 0.29) is 5.82 Å². The molecule has 1 aliphatic carbocycles. The molecule has 1 fully saturated rings. The van der Waals surface area contributed by atoms with Crippen LogP contribution in [0.25, 0.3) is 0 Å². The molecule has 2 unspecified atom stereocenters. The van der Waals surface area contributed by atoms with Crippen molar-refractivity contribution in [2.75, 3.05) is 26.2 Å². The molecule has 0 radical (unpaired) electrons. The molecule has 1 aromatic carbocycles. The van der Waals surface area contributed by atoms with E-state index in [0.29, 0.717) is 18.6 Å². The zero-order valence-electron chi connectivity index (χ0n) is 12.9. The average Bonchev–Trinajstić information content (AvgIpc) is 2.53. The van der Waals surface area contributed by atoms with E-state index in [9.17, 15) is 4.39 Å². The molecule has 1 aliphatic rings. The molecular formula is C17H27FN2O. The first-order valence-electron chi connectivity index (χ1n) is 8.07. The van der Waals surface area contributed by atoms with Gasteiger partial charge >= 0.3 is 0 Å². The summed E-state index contributed by atoms with van der Waals surface area (Å²) in [6.45, 7) is 5.52. The Bertz CT molecular complexity index is 410. The minimum Gasteiger partial charge on any atom is -0.492 e. The number of ether oxygens (including phenoxy) is 1. The van der Waals surface area contributed by atoms with Gasteiger partial charge in [-0.1, -0.05) is 19.8 Å². The first-order chi connectivity index (χ1) is 10.2. The first-order valence-corrected chi connectivity index (χ1v) is 8.07. The highest BCUT2D eigenvalue weighted by Gasteiger charge is 2.28. The number of benzene rings is 1. The topological polar surface area (TPSA) is 38.5 Å². The number of likely N-dealkylation sites (N-methyl/N-ethyl adjacent to an activating group) is 1. The number of hydrogen-bond acceptors (Lipinski definition) is 3. The zero-order chi connectivity index (χ0) is 15.1. The van der Waals surface area contributed by atoms with Gasteiger partial charge in [-0.15, -0.1) is 0 Å². The van der Waals surface area contributed by atoms with Crippen LogP contribution in [-0.4, -0.2) is 37.2 Å². The summed E-state index contributed by atoms with van der Waals surface area (Å²) in [7, 11) is 0. The van der Waals surface area contributed by atoms with Crippen molar-refractivity contribution in [1.29, 1.82) is 0 Å². The van der Waals surface area contributed by atoms with E-state index in [0.717, 1.165) is 25.4 Å². The predicted molar refractivity (Wildman–Crippen MR) is 83.9 cm³/mol. The molecule has 0 aromatic heterocycles. The SMILES string of the molecule is CCN(CCOc1ccc(F)cc1)C1CCCCC1CN. The molecule has 3 nitrogen and oxygen atoms in total. The summed E-state index contributed by atoms with van der Waals surface area (Å²) in [4.78, 5) is 2.49. The smallest absolute Gasteiger partial charge is 0.123 e. The maximum absolute atomic E-state index is 12.8. The quantitative estimate of drug-likeness (QED) is 0.840. The fourth-order valence-electron chi connectivity index (χ4n) is 3.31. The Balaban J connectivity index is 1.82. The van der Waals surface area contributed by atoms with Crippen LogP contribution in [-0.2, 0) is 0 Å². The summed E-state index contributed by atoms with van der Waals surface area (Å²) in [5.74, 6) is 1.11. The van der Waals surface area contributed by atoms with Gasteiger partial charge in [0.25, 0.3) is 0 Å². The molecule has 2 N–H and O–H groups in total. The largest absolute Gasteiger partial charge is 0.492 e. The molecular weight excluding hydrogens is 267 g/mol. The normalized spacial score (nSPS) is 22.5. The van der Waals surface area contributed by atoms with Crippen molar-refractivity contribution in [2.24, 2.45) is 11.7 Å². The lowest BCUT2D eigenvalue weighted by molar-refractivity contribution is 0.0958. The lowest BCUT2D eigenvalue weighted by atomic mass is 9.83. The van der Waals surface area contributed by atoms with Gasteiger partial charge in [-0.3, -0.25) is 4.90 Å². The van der Waals surface area contributed by atoms with Gasteiger partial charge in [0, 0.05) is 12.6 Å². The van der Waals surface area contributed by atoms with Gasteiger partial charge in [0.15, 0.2) is 0 Å². The zero-order valence-corrected chi connectivity index (χ0v) is 12.9. The van der Waals surface area contributed by atoms with Crippen molar-refractivity contribution < 1.29 is 9.13 Å². The van der Waals surface area contributed by atoms with Gasteiger partial charge in [0.1, 0.15) is 18.2 Å². The molecule has 21 heavy (non-hydrogen) atoms. The summed E-state index contributed by atoms with van der Waals surface area (Å²) in [5, 5.41) is 0. The van der Waals surface area contributed by atoms with E-state index in [1.54, 1.807) is 12.1 Å². The summed E-state index contributed by atoms with van der Waals surface area (Å²) in [6, 6.07) is 6.80. The molecule has 0 saturated heterocycles. The van der Waals surface area contributed by atoms with E-state index < -0.39 is 0 Å². The minimum atomic E-state index is -0.231. The monoisotopic (exact) mass is 294 g/mol. The van der Waals surface area contributed by atoms with Crippen LogP contribution in [0.3, 0.4) is 0 Å². The van der Waals surface area contributed by atoms with Crippen molar-refractivity contribution in [2.45, 2.75) is 38.6 Å². The fourth-order valence-corrected chi connectivity index (χ4v) is 3.31. The third-order valence-electron chi connectivity index (χ3n) is 4.51. The van der Waals surface area contributed by atoms with Gasteiger partial charge in [-0.2, -0.15) is 0 Å². The molecule has 1 aromatic rings. The lowest BCUT2D eigenvalue weighted by Crippen LogP contribution is -2.46. The van der Waals surface area contributed by atoms with Gasteiger partial charge in [0.2, 0.25) is 0 Å². The van der Waals surface area contributed by atoms with Crippen LogP contribution < -0.4 is 10.5 Å². The molecule has 0 aliphatic heterocycles. The van der Waals surface area contributed by atoms with Gasteiger partial charge in [0.05, 0.1) is 0 Å². The third-order valence-corrected chi connectivity index (χ3v) is 4.51. The van der Waals surface area contributed by atoms with Crippen LogP contribution in [0.5, 0.6) is 5.75 Å². The van der Waals surface area contributed by atoms with E-state index in [4.69, 9.17) is 10.5 Å². The van der Waals surface area contributed by atoms with E-state index in [1.165, 1.54) is 37.8 Å². The molecule has 0 heterocycles. The second-order valence-electron chi connectivity index (χ2n) is 5.78. The maximum Gasteiger partial charge on any atom is 0.123 e. The Hall–Kier alpha value is -1.13. The lowest BCUT2D eigenvalue weighted by Gasteiger charge is -2.39. The van der Waals surface area contributed by atoms with Crippen molar-refractivity contribution in [3.63, 3.8) is 0 Å². The van der Waals surface area contributed by atoms with Gasteiger partial charge in [-0.25, -0.2) is 4.39 Å². The highest BCUT2D eigenvalue weighted by Crippen LogP contribution is 2.27. The Morgan fingerprint density at radius 1 is 1.24 bits per heavy atom. The van der Waals surface area contributed by atoms with Crippen LogP contribution in [0.1, 0.15) is 32.6 Å². The fraction of sp³-hybridized carbons (Fsp3) is 0.647. The summed E-state index contributed by atoms with van der Waals surface area (Å²) >= 11 is 0. The third kappa shape index (κ3) is 4.68. The van der Waals surface area contributed by atoms with E-state index in [2.05, 4.69) is 11.8 Å². The Kier molecular flexibility index (Phi) is 6.46. The van der Waals surface area contributed by atoms with Crippen molar-refractivity contribution in [3.8, 4) is 5.75 Å². The highest BCUT2D eigenvalue weighted by atomic mass is 19.1. The maximum atomic E-state index is 12.8. The molecule has 1 saturated carbocycles. The van der Waals surface area contributed by atoms with Crippen molar-refractivity contribution >= 4 is 0 Å². The molecule has 2 atom stereocenters. The second kappa shape index (κ2) is 8.35. The van der Waals surface area contributed by atoms with Gasteiger partial charge in [-0.05, 0) is 56.1 Å². The van der Waals surface area contributed by atoms with Crippen LogP contribution >= 0.6 is 0 Å².